The summed E-state index contributed by atoms with van der Waals surface area (Å²) in [7, 11) is 1.42. The van der Waals surface area contributed by atoms with Crippen LogP contribution < -0.4 is 5.32 Å². The molecule has 0 unspecified atom stereocenters. The third-order valence-electron chi connectivity index (χ3n) is 1.34. The largest absolute Gasteiger partial charge is 0.468 e. The molecule has 4 heteroatoms. The molecular weight excluding hydrogens is 174 g/mol. The molecule has 0 rings (SSSR count). The zero-order valence-electron chi connectivity index (χ0n) is 7.76. The van der Waals surface area contributed by atoms with Gasteiger partial charge in [-0.1, -0.05) is 6.92 Å². The van der Waals surface area contributed by atoms with Crippen molar-refractivity contribution in [3.8, 4) is 0 Å². The molecule has 0 heterocycles. The van der Waals surface area contributed by atoms with Gasteiger partial charge in [0.2, 0.25) is 0 Å². The lowest BCUT2D eigenvalue weighted by molar-refractivity contribution is -0.137. The van der Waals surface area contributed by atoms with Gasteiger partial charge in [-0.05, 0) is 25.3 Å². The van der Waals surface area contributed by atoms with Gasteiger partial charge in [-0.3, -0.25) is 4.79 Å². The van der Waals surface area contributed by atoms with Gasteiger partial charge in [-0.15, -0.1) is 0 Å². The van der Waals surface area contributed by atoms with Crippen molar-refractivity contribution >= 4 is 17.7 Å². The molecule has 0 saturated carbocycles. The molecule has 12 heavy (non-hydrogen) atoms. The molecule has 0 aliphatic heterocycles. The van der Waals surface area contributed by atoms with E-state index in [0.717, 1.165) is 25.3 Å². The van der Waals surface area contributed by atoms with Crippen molar-refractivity contribution in [2.75, 3.05) is 31.7 Å². The van der Waals surface area contributed by atoms with Crippen molar-refractivity contribution in [3.63, 3.8) is 0 Å². The van der Waals surface area contributed by atoms with Crippen molar-refractivity contribution in [1.82, 2.24) is 5.32 Å². The quantitative estimate of drug-likeness (QED) is 0.479. The van der Waals surface area contributed by atoms with Gasteiger partial charge < -0.3 is 10.1 Å². The van der Waals surface area contributed by atoms with Crippen LogP contribution in [0.25, 0.3) is 0 Å². The highest BCUT2D eigenvalue weighted by Crippen LogP contribution is 2.01. The Balaban J connectivity index is 2.95. The number of carbonyl (C=O) groups excluding carboxylic acids is 1. The first kappa shape index (κ1) is 11.8. The van der Waals surface area contributed by atoms with Crippen LogP contribution in [0.1, 0.15) is 13.3 Å². The number of rotatable bonds is 7. The molecule has 0 aliphatic rings. The second-order valence-electron chi connectivity index (χ2n) is 2.34. The molecular formula is C8H17NO2S. The van der Waals surface area contributed by atoms with Crippen LogP contribution in [-0.2, 0) is 9.53 Å². The zero-order valence-corrected chi connectivity index (χ0v) is 8.58. The minimum Gasteiger partial charge on any atom is -0.468 e. The van der Waals surface area contributed by atoms with E-state index < -0.39 is 0 Å². The molecule has 0 atom stereocenters. The molecule has 3 nitrogen and oxygen atoms in total. The summed E-state index contributed by atoms with van der Waals surface area (Å²) in [4.78, 5) is 10.6. The Labute approximate surface area is 78.2 Å². The fraction of sp³-hybridized carbons (Fsp3) is 0.875. The monoisotopic (exact) mass is 191 g/mol. The molecule has 0 aromatic heterocycles. The number of hydrogen-bond donors (Lipinski definition) is 1. The fourth-order valence-electron chi connectivity index (χ4n) is 0.690. The van der Waals surface area contributed by atoms with Crippen molar-refractivity contribution < 1.29 is 9.53 Å². The Kier molecular flexibility index (Phi) is 8.71. The summed E-state index contributed by atoms with van der Waals surface area (Å²) in [5, 5.41) is 3.22. The molecule has 0 aliphatic carbocycles. The molecule has 0 bridgehead atoms. The normalized spacial score (nSPS) is 9.83. The number of methoxy groups -OCH3 is 1. The van der Waals surface area contributed by atoms with E-state index >= 15 is 0 Å². The van der Waals surface area contributed by atoms with Crippen LogP contribution in [0.5, 0.6) is 0 Å². The van der Waals surface area contributed by atoms with Gasteiger partial charge in [-0.2, -0.15) is 11.8 Å². The molecule has 0 amide bonds. The van der Waals surface area contributed by atoms with Gasteiger partial charge in [-0.25, -0.2) is 0 Å². The number of thioether (sulfide) groups is 1. The first-order valence-corrected chi connectivity index (χ1v) is 5.32. The van der Waals surface area contributed by atoms with E-state index in [9.17, 15) is 4.79 Å². The van der Waals surface area contributed by atoms with Crippen LogP contribution in [-0.4, -0.2) is 37.7 Å². The molecule has 0 radical (unpaired) electrons. The van der Waals surface area contributed by atoms with Gasteiger partial charge in [0.1, 0.15) is 0 Å². The predicted molar refractivity (Wildman–Crippen MR) is 52.5 cm³/mol. The smallest absolute Gasteiger partial charge is 0.315 e. The summed E-state index contributed by atoms with van der Waals surface area (Å²) in [6, 6.07) is 0. The molecule has 0 spiro atoms. The van der Waals surface area contributed by atoms with E-state index in [1.807, 2.05) is 0 Å². The second kappa shape index (κ2) is 8.87. The Morgan fingerprint density at radius 1 is 1.58 bits per heavy atom. The molecule has 0 fully saturated rings. The lowest BCUT2D eigenvalue weighted by atomic mass is 10.5. The summed E-state index contributed by atoms with van der Waals surface area (Å²) in [6.45, 7) is 4.13. The van der Waals surface area contributed by atoms with E-state index in [4.69, 9.17) is 0 Å². The van der Waals surface area contributed by atoms with Gasteiger partial charge >= 0.3 is 5.97 Å². The number of esters is 1. The number of hydrogen-bond acceptors (Lipinski definition) is 4. The number of nitrogens with one attached hydrogen (secondary N) is 1. The SMILES string of the molecule is CCNCCCSCC(=O)OC. The summed E-state index contributed by atoms with van der Waals surface area (Å²) in [5.74, 6) is 1.36. The Morgan fingerprint density at radius 3 is 2.92 bits per heavy atom. The van der Waals surface area contributed by atoms with E-state index in [-0.39, 0.29) is 5.97 Å². The molecule has 0 saturated heterocycles. The second-order valence-corrected chi connectivity index (χ2v) is 3.44. The first-order valence-electron chi connectivity index (χ1n) is 4.16. The van der Waals surface area contributed by atoms with Crippen LogP contribution in [0.2, 0.25) is 0 Å². The lowest BCUT2D eigenvalue weighted by Gasteiger charge is -2.00. The summed E-state index contributed by atoms with van der Waals surface area (Å²) in [5.41, 5.74) is 0. The van der Waals surface area contributed by atoms with Crippen LogP contribution in [0.15, 0.2) is 0 Å². The standard InChI is InChI=1S/C8H17NO2S/c1-3-9-5-4-6-12-7-8(10)11-2/h9H,3-7H2,1-2H3. The topological polar surface area (TPSA) is 38.3 Å². The summed E-state index contributed by atoms with van der Waals surface area (Å²) < 4.78 is 4.50. The highest BCUT2D eigenvalue weighted by atomic mass is 32.2. The van der Waals surface area contributed by atoms with Gasteiger partial charge in [0, 0.05) is 0 Å². The van der Waals surface area contributed by atoms with Gasteiger partial charge in [0.05, 0.1) is 12.9 Å². The highest BCUT2D eigenvalue weighted by molar-refractivity contribution is 7.99. The number of ether oxygens (including phenoxy) is 1. The third kappa shape index (κ3) is 7.88. The molecule has 72 valence electrons. The van der Waals surface area contributed by atoms with E-state index in [1.54, 1.807) is 11.8 Å². The number of carbonyl (C=O) groups is 1. The van der Waals surface area contributed by atoms with Crippen molar-refractivity contribution in [2.24, 2.45) is 0 Å². The van der Waals surface area contributed by atoms with Gasteiger partial charge in [0.25, 0.3) is 0 Å². The van der Waals surface area contributed by atoms with Crippen LogP contribution in [0, 0.1) is 0 Å². The summed E-state index contributed by atoms with van der Waals surface area (Å²) in [6.07, 6.45) is 1.11. The van der Waals surface area contributed by atoms with Gasteiger partial charge in [0.15, 0.2) is 0 Å². The van der Waals surface area contributed by atoms with E-state index in [1.165, 1.54) is 7.11 Å². The summed E-state index contributed by atoms with van der Waals surface area (Å²) >= 11 is 1.62. The van der Waals surface area contributed by atoms with Crippen LogP contribution >= 0.6 is 11.8 Å². The third-order valence-corrected chi connectivity index (χ3v) is 2.36. The van der Waals surface area contributed by atoms with Crippen molar-refractivity contribution in [2.45, 2.75) is 13.3 Å². The van der Waals surface area contributed by atoms with Crippen molar-refractivity contribution in [3.05, 3.63) is 0 Å². The zero-order chi connectivity index (χ0) is 9.23. The average Bonchev–Trinajstić information content (AvgIpc) is 2.10. The maximum Gasteiger partial charge on any atom is 0.315 e. The van der Waals surface area contributed by atoms with E-state index in [2.05, 4.69) is 17.0 Å². The first-order chi connectivity index (χ1) is 5.81. The predicted octanol–water partition coefficient (Wildman–Crippen LogP) is 0.892. The van der Waals surface area contributed by atoms with Crippen molar-refractivity contribution in [1.29, 1.82) is 0 Å². The van der Waals surface area contributed by atoms with Crippen LogP contribution in [0.4, 0.5) is 0 Å². The minimum atomic E-state index is -0.136. The molecule has 1 N–H and O–H groups in total. The maximum absolute atomic E-state index is 10.6. The molecule has 0 aromatic carbocycles. The Hall–Kier alpha value is -0.220. The minimum absolute atomic E-state index is 0.136. The average molecular weight is 191 g/mol. The Bertz CT molecular complexity index is 120. The fourth-order valence-corrected chi connectivity index (χ4v) is 1.47. The lowest BCUT2D eigenvalue weighted by Crippen LogP contribution is -2.14. The maximum atomic E-state index is 10.6. The highest BCUT2D eigenvalue weighted by Gasteiger charge is 1.98. The molecule has 0 aromatic rings. The van der Waals surface area contributed by atoms with E-state index in [0.29, 0.717) is 5.75 Å². The van der Waals surface area contributed by atoms with Crippen LogP contribution in [0.3, 0.4) is 0 Å². The Morgan fingerprint density at radius 2 is 2.33 bits per heavy atom.